The summed E-state index contributed by atoms with van der Waals surface area (Å²) in [4.78, 5) is 15.4. The molecule has 1 N–H and O–H groups in total. The van der Waals surface area contributed by atoms with Crippen molar-refractivity contribution in [3.63, 3.8) is 0 Å². The van der Waals surface area contributed by atoms with Crippen LogP contribution in [0.15, 0.2) is 72.8 Å². The maximum atomic E-state index is 13.5. The van der Waals surface area contributed by atoms with Crippen molar-refractivity contribution in [2.24, 2.45) is 0 Å². The molecule has 4 heteroatoms. The molecule has 0 saturated carbocycles. The summed E-state index contributed by atoms with van der Waals surface area (Å²) in [5, 5.41) is 12.4. The second kappa shape index (κ2) is 8.94. The van der Waals surface area contributed by atoms with Crippen LogP contribution in [0.2, 0.25) is 0 Å². The minimum Gasteiger partial charge on any atom is -0.333 e. The van der Waals surface area contributed by atoms with Crippen LogP contribution in [0.25, 0.3) is 0 Å². The number of fused-ring (bicyclic) bond motifs is 1. The highest BCUT2D eigenvalue weighted by atomic mass is 16.2. The van der Waals surface area contributed by atoms with Crippen LogP contribution in [0.5, 0.6) is 0 Å². The fourth-order valence-corrected chi connectivity index (χ4v) is 3.95. The molecule has 0 bridgehead atoms. The van der Waals surface area contributed by atoms with Crippen molar-refractivity contribution in [2.45, 2.75) is 39.0 Å². The van der Waals surface area contributed by atoms with Gasteiger partial charge in [0.2, 0.25) is 5.91 Å². The zero-order valence-corrected chi connectivity index (χ0v) is 17.1. The number of benzene rings is 3. The van der Waals surface area contributed by atoms with Crippen molar-refractivity contribution in [2.75, 3.05) is 0 Å². The molecule has 1 heterocycles. The van der Waals surface area contributed by atoms with E-state index in [2.05, 4.69) is 42.6 Å². The molecular formula is C26H25N3O. The Labute approximate surface area is 177 Å². The van der Waals surface area contributed by atoms with Gasteiger partial charge in [-0.25, -0.2) is 0 Å². The second-order valence-corrected chi connectivity index (χ2v) is 7.84. The molecule has 30 heavy (non-hydrogen) atoms. The molecule has 0 aliphatic carbocycles. The van der Waals surface area contributed by atoms with Crippen LogP contribution in [0.3, 0.4) is 0 Å². The Morgan fingerprint density at radius 2 is 1.70 bits per heavy atom. The monoisotopic (exact) mass is 395 g/mol. The van der Waals surface area contributed by atoms with E-state index in [0.717, 1.165) is 5.56 Å². The van der Waals surface area contributed by atoms with Gasteiger partial charge < -0.3 is 10.2 Å². The van der Waals surface area contributed by atoms with Crippen LogP contribution in [-0.4, -0.2) is 16.8 Å². The number of nitrogens with zero attached hydrogens (tertiary/aromatic N) is 2. The van der Waals surface area contributed by atoms with Crippen LogP contribution in [-0.2, 0) is 30.8 Å². The number of amides is 1. The van der Waals surface area contributed by atoms with E-state index in [4.69, 9.17) is 5.26 Å². The highest BCUT2D eigenvalue weighted by Crippen LogP contribution is 2.22. The summed E-state index contributed by atoms with van der Waals surface area (Å²) in [6, 6.07) is 25.9. The van der Waals surface area contributed by atoms with Gasteiger partial charge in [0.15, 0.2) is 0 Å². The molecule has 0 saturated heterocycles. The lowest BCUT2D eigenvalue weighted by atomic mass is 10.0. The van der Waals surface area contributed by atoms with Gasteiger partial charge in [-0.1, -0.05) is 60.7 Å². The van der Waals surface area contributed by atoms with Gasteiger partial charge in [-0.2, -0.15) is 5.26 Å². The quantitative estimate of drug-likeness (QED) is 0.707. The minimum atomic E-state index is -0.284. The molecule has 1 aliphatic rings. The van der Waals surface area contributed by atoms with Crippen molar-refractivity contribution >= 4 is 5.91 Å². The van der Waals surface area contributed by atoms with Gasteiger partial charge in [-0.05, 0) is 53.3 Å². The Balaban J connectivity index is 1.56. The summed E-state index contributed by atoms with van der Waals surface area (Å²) >= 11 is 0. The molecule has 0 radical (unpaired) electrons. The Bertz CT molecular complexity index is 1080. The number of carbonyl (C=O) groups excluding carboxylic acids is 1. The lowest BCUT2D eigenvalue weighted by Gasteiger charge is -2.26. The smallest absolute Gasteiger partial charge is 0.240 e. The zero-order valence-electron chi connectivity index (χ0n) is 17.1. The molecular weight excluding hydrogens is 370 g/mol. The lowest BCUT2D eigenvalue weighted by Crippen LogP contribution is -2.45. The van der Waals surface area contributed by atoms with Gasteiger partial charge in [0, 0.05) is 19.6 Å². The number of hydrogen-bond acceptors (Lipinski definition) is 3. The molecule has 1 unspecified atom stereocenters. The van der Waals surface area contributed by atoms with E-state index in [1.54, 1.807) is 0 Å². The van der Waals surface area contributed by atoms with Crippen LogP contribution < -0.4 is 5.32 Å². The molecule has 1 aliphatic heterocycles. The minimum absolute atomic E-state index is 0.128. The molecule has 3 aromatic rings. The average molecular weight is 396 g/mol. The maximum absolute atomic E-state index is 13.5. The molecule has 3 aromatic carbocycles. The highest BCUT2D eigenvalue weighted by Gasteiger charge is 2.29. The van der Waals surface area contributed by atoms with Crippen LogP contribution in [0.4, 0.5) is 0 Å². The van der Waals surface area contributed by atoms with Gasteiger partial charge in [0.25, 0.3) is 0 Å². The highest BCUT2D eigenvalue weighted by molar-refractivity contribution is 5.83. The van der Waals surface area contributed by atoms with Crippen molar-refractivity contribution in [1.29, 1.82) is 5.26 Å². The van der Waals surface area contributed by atoms with Crippen LogP contribution >= 0.6 is 0 Å². The first-order chi connectivity index (χ1) is 14.6. The summed E-state index contributed by atoms with van der Waals surface area (Å²) < 4.78 is 0. The van der Waals surface area contributed by atoms with Crippen LogP contribution in [0.1, 0.15) is 33.4 Å². The summed E-state index contributed by atoms with van der Waals surface area (Å²) in [5.74, 6) is 0.128. The predicted molar refractivity (Wildman–Crippen MR) is 117 cm³/mol. The second-order valence-electron chi connectivity index (χ2n) is 7.84. The first-order valence-electron chi connectivity index (χ1n) is 10.3. The van der Waals surface area contributed by atoms with Gasteiger partial charge in [0.1, 0.15) is 0 Å². The molecule has 4 nitrogen and oxygen atoms in total. The Morgan fingerprint density at radius 1 is 1.00 bits per heavy atom. The summed E-state index contributed by atoms with van der Waals surface area (Å²) in [5.41, 5.74) is 6.51. The molecule has 4 rings (SSSR count). The summed E-state index contributed by atoms with van der Waals surface area (Å²) in [7, 11) is 0. The largest absolute Gasteiger partial charge is 0.333 e. The van der Waals surface area contributed by atoms with Crippen molar-refractivity contribution in [3.8, 4) is 6.07 Å². The molecule has 1 amide bonds. The van der Waals surface area contributed by atoms with E-state index in [0.29, 0.717) is 31.6 Å². The average Bonchev–Trinajstić information content (AvgIpc) is 2.91. The van der Waals surface area contributed by atoms with Gasteiger partial charge in [-0.15, -0.1) is 0 Å². The van der Waals surface area contributed by atoms with Gasteiger partial charge in [0.05, 0.1) is 17.7 Å². The van der Waals surface area contributed by atoms with E-state index in [9.17, 15) is 4.79 Å². The third kappa shape index (κ3) is 4.42. The fourth-order valence-electron chi connectivity index (χ4n) is 3.95. The number of hydrogen-bond donors (Lipinski definition) is 1. The van der Waals surface area contributed by atoms with E-state index < -0.39 is 0 Å². The zero-order chi connectivity index (χ0) is 20.9. The topological polar surface area (TPSA) is 56.1 Å². The number of carbonyl (C=O) groups is 1. The van der Waals surface area contributed by atoms with E-state index in [1.165, 1.54) is 22.3 Å². The predicted octanol–water partition coefficient (Wildman–Crippen LogP) is 4.11. The fraction of sp³-hybridized carbons (Fsp3) is 0.231. The Hall–Kier alpha value is -3.42. The van der Waals surface area contributed by atoms with Crippen LogP contribution in [0, 0.1) is 18.3 Å². The van der Waals surface area contributed by atoms with E-state index in [-0.39, 0.29) is 11.9 Å². The Morgan fingerprint density at radius 3 is 2.43 bits per heavy atom. The SMILES string of the molecule is Cc1ccccc1CN1Cc2ccccc2CC(NCc2ccc(C#N)cc2)C1=O. The number of aryl methyl sites for hydroxylation is 1. The lowest BCUT2D eigenvalue weighted by molar-refractivity contribution is -0.134. The summed E-state index contributed by atoms with van der Waals surface area (Å²) in [6.07, 6.45) is 0.676. The van der Waals surface area contributed by atoms with E-state index in [1.807, 2.05) is 53.4 Å². The summed E-state index contributed by atoms with van der Waals surface area (Å²) in [6.45, 7) is 3.90. The third-order valence-corrected chi connectivity index (χ3v) is 5.77. The Kier molecular flexibility index (Phi) is 5.92. The molecule has 0 aromatic heterocycles. The molecule has 150 valence electrons. The van der Waals surface area contributed by atoms with Gasteiger partial charge >= 0.3 is 0 Å². The third-order valence-electron chi connectivity index (χ3n) is 5.77. The first kappa shape index (κ1) is 19.9. The first-order valence-corrected chi connectivity index (χ1v) is 10.3. The number of nitriles is 1. The van der Waals surface area contributed by atoms with Crippen molar-refractivity contribution < 1.29 is 4.79 Å². The number of rotatable bonds is 5. The molecule has 1 atom stereocenters. The normalized spacial score (nSPS) is 15.9. The van der Waals surface area contributed by atoms with E-state index >= 15 is 0 Å². The van der Waals surface area contributed by atoms with Crippen molar-refractivity contribution in [1.82, 2.24) is 10.2 Å². The van der Waals surface area contributed by atoms with Gasteiger partial charge in [-0.3, -0.25) is 4.79 Å². The standard InChI is InChI=1S/C26H25N3O/c1-19-6-2-3-8-23(19)17-29-18-24-9-5-4-7-22(24)14-25(26(29)30)28-16-21-12-10-20(15-27)11-13-21/h2-13,25,28H,14,16-18H2,1H3. The van der Waals surface area contributed by atoms with Crippen molar-refractivity contribution in [3.05, 3.63) is 106 Å². The maximum Gasteiger partial charge on any atom is 0.240 e. The molecule has 0 spiro atoms. The molecule has 0 fully saturated rings. The number of nitrogens with one attached hydrogen (secondary N) is 1.